The Morgan fingerprint density at radius 2 is 2.32 bits per heavy atom. The van der Waals surface area contributed by atoms with Crippen molar-refractivity contribution in [2.45, 2.75) is 44.8 Å². The molecule has 0 radical (unpaired) electrons. The van der Waals surface area contributed by atoms with Crippen LogP contribution in [0.1, 0.15) is 32.6 Å². The van der Waals surface area contributed by atoms with Gasteiger partial charge in [-0.05, 0) is 43.7 Å². The monoisotopic (exact) mass is 262 g/mol. The molecule has 1 aliphatic heterocycles. The van der Waals surface area contributed by atoms with Crippen LogP contribution in [0.4, 0.5) is 5.82 Å². The fourth-order valence-corrected chi connectivity index (χ4v) is 2.66. The Hall–Kier alpha value is -1.29. The Bertz CT molecular complexity index is 420. The van der Waals surface area contributed by atoms with Gasteiger partial charge >= 0.3 is 0 Å². The number of hydrogen-bond donors (Lipinski definition) is 1. The van der Waals surface area contributed by atoms with Crippen LogP contribution >= 0.6 is 0 Å². The maximum absolute atomic E-state index is 5.85. The molecule has 0 amide bonds. The van der Waals surface area contributed by atoms with E-state index in [1.807, 2.05) is 18.3 Å². The lowest BCUT2D eigenvalue weighted by Crippen LogP contribution is -2.31. The Kier molecular flexibility index (Phi) is 3.87. The first-order chi connectivity index (χ1) is 9.38. The summed E-state index contributed by atoms with van der Waals surface area (Å²) in [7, 11) is 0. The molecule has 2 unspecified atom stereocenters. The van der Waals surface area contributed by atoms with Crippen molar-refractivity contribution in [2.24, 2.45) is 5.92 Å². The zero-order valence-corrected chi connectivity index (χ0v) is 11.5. The molecular weight excluding hydrogens is 240 g/mol. The van der Waals surface area contributed by atoms with E-state index in [2.05, 4.69) is 17.2 Å². The number of anilines is 1. The number of hydrogen-bond acceptors (Lipinski definition) is 4. The molecule has 2 atom stereocenters. The van der Waals surface area contributed by atoms with Gasteiger partial charge < -0.3 is 14.8 Å². The lowest BCUT2D eigenvalue weighted by molar-refractivity contribution is 0.0897. The maximum atomic E-state index is 5.85. The number of nitrogens with zero attached hydrogens (tertiary/aromatic N) is 1. The molecule has 1 N–H and O–H groups in total. The number of ether oxygens (including phenoxy) is 2. The Labute approximate surface area is 114 Å². The summed E-state index contributed by atoms with van der Waals surface area (Å²) in [6.07, 6.45) is 6.86. The molecule has 1 saturated carbocycles. The highest BCUT2D eigenvalue weighted by Crippen LogP contribution is 2.40. The van der Waals surface area contributed by atoms with E-state index in [0.29, 0.717) is 12.1 Å². The van der Waals surface area contributed by atoms with Crippen LogP contribution in [-0.4, -0.2) is 30.3 Å². The van der Waals surface area contributed by atoms with Crippen molar-refractivity contribution in [1.82, 2.24) is 4.98 Å². The molecule has 4 nitrogen and oxygen atoms in total. The van der Waals surface area contributed by atoms with Crippen LogP contribution in [-0.2, 0) is 4.74 Å². The van der Waals surface area contributed by atoms with E-state index in [1.165, 1.54) is 12.8 Å². The van der Waals surface area contributed by atoms with E-state index in [-0.39, 0.29) is 0 Å². The molecular formula is C15H22N2O2. The maximum Gasteiger partial charge on any atom is 0.169 e. The third-order valence-electron chi connectivity index (χ3n) is 3.78. The second-order valence-corrected chi connectivity index (χ2v) is 5.41. The van der Waals surface area contributed by atoms with E-state index in [4.69, 9.17) is 9.47 Å². The van der Waals surface area contributed by atoms with Crippen molar-refractivity contribution in [3.05, 3.63) is 18.3 Å². The minimum Gasteiger partial charge on any atom is -0.490 e. The SMILES string of the molecule is CCCOc1cccnc1NC1CCOC1C1CC1. The molecule has 4 heteroatoms. The van der Waals surface area contributed by atoms with Crippen molar-refractivity contribution in [2.75, 3.05) is 18.5 Å². The Morgan fingerprint density at radius 3 is 3.11 bits per heavy atom. The van der Waals surface area contributed by atoms with E-state index < -0.39 is 0 Å². The van der Waals surface area contributed by atoms with Gasteiger partial charge in [-0.1, -0.05) is 6.92 Å². The molecule has 19 heavy (non-hydrogen) atoms. The van der Waals surface area contributed by atoms with Crippen LogP contribution < -0.4 is 10.1 Å². The third kappa shape index (κ3) is 3.00. The Balaban J connectivity index is 1.68. The summed E-state index contributed by atoms with van der Waals surface area (Å²) in [4.78, 5) is 4.42. The molecule has 3 rings (SSSR count). The fourth-order valence-electron chi connectivity index (χ4n) is 2.66. The summed E-state index contributed by atoms with van der Waals surface area (Å²) in [5.74, 6) is 2.46. The van der Waals surface area contributed by atoms with Gasteiger partial charge in [0.1, 0.15) is 0 Å². The quantitative estimate of drug-likeness (QED) is 0.856. The molecule has 1 aromatic rings. The van der Waals surface area contributed by atoms with Gasteiger partial charge in [0.2, 0.25) is 0 Å². The molecule has 0 aromatic carbocycles. The zero-order valence-electron chi connectivity index (χ0n) is 11.5. The van der Waals surface area contributed by atoms with Crippen LogP contribution in [0.3, 0.4) is 0 Å². The average molecular weight is 262 g/mol. The number of rotatable bonds is 6. The molecule has 104 valence electrons. The second-order valence-electron chi connectivity index (χ2n) is 5.41. The van der Waals surface area contributed by atoms with Crippen molar-refractivity contribution >= 4 is 5.82 Å². The third-order valence-corrected chi connectivity index (χ3v) is 3.78. The molecule has 1 aliphatic carbocycles. The standard InChI is InChI=1S/C15H22N2O2/c1-2-9-18-13-4-3-8-16-15(13)17-12-7-10-19-14(12)11-5-6-11/h3-4,8,11-12,14H,2,5-7,9-10H2,1H3,(H,16,17). The van der Waals surface area contributed by atoms with Crippen LogP contribution in [0.5, 0.6) is 5.75 Å². The van der Waals surface area contributed by atoms with Gasteiger partial charge in [0.15, 0.2) is 11.6 Å². The summed E-state index contributed by atoms with van der Waals surface area (Å²) in [6.45, 7) is 3.70. The van der Waals surface area contributed by atoms with E-state index in [1.54, 1.807) is 0 Å². The van der Waals surface area contributed by atoms with Gasteiger partial charge in [-0.3, -0.25) is 0 Å². The van der Waals surface area contributed by atoms with Gasteiger partial charge in [0.05, 0.1) is 18.8 Å². The van der Waals surface area contributed by atoms with Crippen LogP contribution in [0.2, 0.25) is 0 Å². The van der Waals surface area contributed by atoms with Crippen LogP contribution in [0, 0.1) is 5.92 Å². The molecule has 0 bridgehead atoms. The highest BCUT2D eigenvalue weighted by atomic mass is 16.5. The molecule has 0 spiro atoms. The summed E-state index contributed by atoms with van der Waals surface area (Å²) < 4.78 is 11.6. The van der Waals surface area contributed by atoms with Gasteiger partial charge in [-0.2, -0.15) is 0 Å². The first kappa shape index (κ1) is 12.7. The van der Waals surface area contributed by atoms with Crippen molar-refractivity contribution < 1.29 is 9.47 Å². The molecule has 2 aliphatic rings. The van der Waals surface area contributed by atoms with E-state index in [9.17, 15) is 0 Å². The smallest absolute Gasteiger partial charge is 0.169 e. The highest BCUT2D eigenvalue weighted by Gasteiger charge is 2.40. The summed E-state index contributed by atoms with van der Waals surface area (Å²) >= 11 is 0. The van der Waals surface area contributed by atoms with E-state index >= 15 is 0 Å². The minimum atomic E-state index is 0.362. The topological polar surface area (TPSA) is 43.4 Å². The predicted octanol–water partition coefficient (Wildman–Crippen LogP) is 2.85. The predicted molar refractivity (Wildman–Crippen MR) is 74.5 cm³/mol. The summed E-state index contributed by atoms with van der Waals surface area (Å²) in [5.41, 5.74) is 0. The molecule has 2 heterocycles. The van der Waals surface area contributed by atoms with Gasteiger partial charge in [0.25, 0.3) is 0 Å². The van der Waals surface area contributed by atoms with Gasteiger partial charge in [-0.25, -0.2) is 4.98 Å². The van der Waals surface area contributed by atoms with Crippen molar-refractivity contribution in [1.29, 1.82) is 0 Å². The first-order valence-electron chi connectivity index (χ1n) is 7.34. The first-order valence-corrected chi connectivity index (χ1v) is 7.34. The minimum absolute atomic E-state index is 0.362. The summed E-state index contributed by atoms with van der Waals surface area (Å²) in [5, 5.41) is 3.53. The van der Waals surface area contributed by atoms with Crippen molar-refractivity contribution in [3.63, 3.8) is 0 Å². The molecule has 1 aromatic heterocycles. The highest BCUT2D eigenvalue weighted by molar-refractivity contribution is 5.50. The molecule has 2 fully saturated rings. The second kappa shape index (κ2) is 5.78. The number of pyridine rings is 1. The lowest BCUT2D eigenvalue weighted by Gasteiger charge is -2.21. The lowest BCUT2D eigenvalue weighted by atomic mass is 10.1. The average Bonchev–Trinajstić information content (AvgIpc) is 3.18. The largest absolute Gasteiger partial charge is 0.490 e. The normalized spacial score (nSPS) is 26.4. The zero-order chi connectivity index (χ0) is 13.1. The van der Waals surface area contributed by atoms with E-state index in [0.717, 1.165) is 43.5 Å². The summed E-state index contributed by atoms with van der Waals surface area (Å²) in [6, 6.07) is 4.28. The van der Waals surface area contributed by atoms with Crippen LogP contribution in [0.15, 0.2) is 18.3 Å². The van der Waals surface area contributed by atoms with Gasteiger partial charge in [-0.15, -0.1) is 0 Å². The Morgan fingerprint density at radius 1 is 1.42 bits per heavy atom. The van der Waals surface area contributed by atoms with Crippen molar-refractivity contribution in [3.8, 4) is 5.75 Å². The van der Waals surface area contributed by atoms with Crippen LogP contribution in [0.25, 0.3) is 0 Å². The number of nitrogens with one attached hydrogen (secondary N) is 1. The molecule has 1 saturated heterocycles. The number of aromatic nitrogens is 1. The van der Waals surface area contributed by atoms with Gasteiger partial charge in [0, 0.05) is 12.8 Å². The fraction of sp³-hybridized carbons (Fsp3) is 0.667.